The highest BCUT2D eigenvalue weighted by Crippen LogP contribution is 2.21. The van der Waals surface area contributed by atoms with E-state index in [1.807, 2.05) is 4.90 Å². The molecule has 0 unspecified atom stereocenters. The molecule has 3 rings (SSSR count). The number of carbonyl (C=O) groups excluding carboxylic acids is 1. The molecule has 0 aromatic heterocycles. The molecule has 7 nitrogen and oxygen atoms in total. The Kier molecular flexibility index (Phi) is 5.88. The predicted molar refractivity (Wildman–Crippen MR) is 102 cm³/mol. The third kappa shape index (κ3) is 4.93. The highest BCUT2D eigenvalue weighted by molar-refractivity contribution is 6.30. The molecule has 1 amide bonds. The normalized spacial score (nSPS) is 14.8. The summed E-state index contributed by atoms with van der Waals surface area (Å²) in [5.74, 6) is -0.862. The van der Waals surface area contributed by atoms with Crippen LogP contribution in [-0.2, 0) is 4.79 Å². The highest BCUT2D eigenvalue weighted by atomic mass is 35.5. The first kappa shape index (κ1) is 19.1. The summed E-state index contributed by atoms with van der Waals surface area (Å²) in [6.07, 6.45) is 0. The summed E-state index contributed by atoms with van der Waals surface area (Å²) in [5.41, 5.74) is 1.07. The van der Waals surface area contributed by atoms with Crippen molar-refractivity contribution in [2.45, 2.75) is 0 Å². The van der Waals surface area contributed by atoms with Crippen molar-refractivity contribution in [3.8, 4) is 0 Å². The van der Waals surface area contributed by atoms with Gasteiger partial charge in [0.2, 0.25) is 5.91 Å². The molecule has 1 aliphatic rings. The minimum atomic E-state index is -0.571. The van der Waals surface area contributed by atoms with Crippen molar-refractivity contribution in [1.29, 1.82) is 0 Å². The monoisotopic (exact) mass is 392 g/mol. The Balaban J connectivity index is 1.50. The van der Waals surface area contributed by atoms with Crippen molar-refractivity contribution in [2.75, 3.05) is 42.9 Å². The van der Waals surface area contributed by atoms with Gasteiger partial charge in [-0.25, -0.2) is 4.39 Å². The third-order valence-electron chi connectivity index (χ3n) is 4.37. The molecular weight excluding hydrogens is 375 g/mol. The lowest BCUT2D eigenvalue weighted by atomic mass is 10.2. The fraction of sp³-hybridized carbons (Fsp3) is 0.278. The summed E-state index contributed by atoms with van der Waals surface area (Å²) in [6.45, 7) is 2.87. The van der Waals surface area contributed by atoms with Crippen LogP contribution in [0.4, 0.5) is 21.5 Å². The Morgan fingerprint density at radius 3 is 2.41 bits per heavy atom. The van der Waals surface area contributed by atoms with Gasteiger partial charge in [-0.05, 0) is 30.3 Å². The molecule has 1 fully saturated rings. The second-order valence-corrected chi connectivity index (χ2v) is 6.65. The zero-order valence-electron chi connectivity index (χ0n) is 14.4. The number of nitro groups is 1. The van der Waals surface area contributed by atoms with Crippen molar-refractivity contribution in [3.63, 3.8) is 0 Å². The maximum absolute atomic E-state index is 13.7. The van der Waals surface area contributed by atoms with Crippen LogP contribution in [0, 0.1) is 15.9 Å². The van der Waals surface area contributed by atoms with E-state index in [9.17, 15) is 19.3 Å². The first-order valence-electron chi connectivity index (χ1n) is 8.39. The van der Waals surface area contributed by atoms with Gasteiger partial charge in [-0.2, -0.15) is 0 Å². The van der Waals surface area contributed by atoms with Gasteiger partial charge >= 0.3 is 0 Å². The number of benzene rings is 2. The molecule has 0 saturated carbocycles. The molecule has 0 aliphatic carbocycles. The van der Waals surface area contributed by atoms with E-state index in [4.69, 9.17) is 11.6 Å². The van der Waals surface area contributed by atoms with Gasteiger partial charge in [0, 0.05) is 49.0 Å². The summed E-state index contributed by atoms with van der Waals surface area (Å²) in [6, 6.07) is 10.5. The Bertz CT molecular complexity index is 839. The Hall–Kier alpha value is -2.71. The summed E-state index contributed by atoms with van der Waals surface area (Å²) in [5, 5.41) is 13.5. The molecule has 142 valence electrons. The van der Waals surface area contributed by atoms with Crippen molar-refractivity contribution in [2.24, 2.45) is 0 Å². The van der Waals surface area contributed by atoms with Crippen LogP contribution in [-0.4, -0.2) is 48.5 Å². The number of nitrogens with zero attached hydrogens (tertiary/aromatic N) is 3. The van der Waals surface area contributed by atoms with E-state index in [0.717, 1.165) is 11.8 Å². The van der Waals surface area contributed by atoms with E-state index in [0.29, 0.717) is 26.2 Å². The van der Waals surface area contributed by atoms with E-state index >= 15 is 0 Å². The molecule has 1 saturated heterocycles. The lowest BCUT2D eigenvalue weighted by Crippen LogP contribution is -2.48. The van der Waals surface area contributed by atoms with Crippen molar-refractivity contribution in [1.82, 2.24) is 4.90 Å². The Morgan fingerprint density at radius 1 is 1.15 bits per heavy atom. The molecule has 9 heteroatoms. The summed E-state index contributed by atoms with van der Waals surface area (Å²) in [4.78, 5) is 26.5. The fourth-order valence-electron chi connectivity index (χ4n) is 2.93. The number of nitro benzene ring substituents is 1. The fourth-order valence-corrected chi connectivity index (χ4v) is 3.09. The number of hydrogen-bond donors (Lipinski definition) is 1. The number of nitrogens with one attached hydrogen (secondary N) is 1. The molecule has 0 spiro atoms. The van der Waals surface area contributed by atoms with Crippen LogP contribution >= 0.6 is 11.6 Å². The standard InChI is InChI=1S/C18H18ClFN4O3/c19-13-1-6-17(16(20)11-13)21-18(25)12-22-7-9-23(10-8-22)14-2-4-15(5-3-14)24(26)27/h1-6,11H,7-10,12H2,(H,21,25). The van der Waals surface area contributed by atoms with Crippen LogP contribution in [0.5, 0.6) is 0 Å². The predicted octanol–water partition coefficient (Wildman–Crippen LogP) is 3.15. The van der Waals surface area contributed by atoms with E-state index in [1.165, 1.54) is 24.3 Å². The number of hydrogen-bond acceptors (Lipinski definition) is 5. The number of piperazine rings is 1. The minimum absolute atomic E-state index is 0.0588. The smallest absolute Gasteiger partial charge is 0.269 e. The Morgan fingerprint density at radius 2 is 1.81 bits per heavy atom. The maximum Gasteiger partial charge on any atom is 0.269 e. The molecule has 27 heavy (non-hydrogen) atoms. The van der Waals surface area contributed by atoms with E-state index in [1.54, 1.807) is 12.1 Å². The molecule has 1 heterocycles. The van der Waals surface area contributed by atoms with Crippen LogP contribution in [0.25, 0.3) is 0 Å². The van der Waals surface area contributed by atoms with E-state index < -0.39 is 10.7 Å². The lowest BCUT2D eigenvalue weighted by molar-refractivity contribution is -0.384. The topological polar surface area (TPSA) is 78.7 Å². The summed E-state index contributed by atoms with van der Waals surface area (Å²) in [7, 11) is 0. The molecule has 0 bridgehead atoms. The minimum Gasteiger partial charge on any atom is -0.369 e. The number of rotatable bonds is 5. The summed E-state index contributed by atoms with van der Waals surface area (Å²) < 4.78 is 13.7. The van der Waals surface area contributed by atoms with Crippen molar-refractivity contribution >= 4 is 34.6 Å². The van der Waals surface area contributed by atoms with Gasteiger partial charge in [0.15, 0.2) is 0 Å². The van der Waals surface area contributed by atoms with Gasteiger partial charge in [0.05, 0.1) is 17.2 Å². The second kappa shape index (κ2) is 8.32. The van der Waals surface area contributed by atoms with Crippen LogP contribution in [0.15, 0.2) is 42.5 Å². The number of amides is 1. The first-order chi connectivity index (χ1) is 12.9. The van der Waals surface area contributed by atoms with Crippen molar-refractivity contribution in [3.05, 3.63) is 63.4 Å². The average Bonchev–Trinajstić information content (AvgIpc) is 2.65. The quantitative estimate of drug-likeness (QED) is 0.624. The van der Waals surface area contributed by atoms with Gasteiger partial charge in [0.1, 0.15) is 5.82 Å². The van der Waals surface area contributed by atoms with E-state index in [-0.39, 0.29) is 28.8 Å². The molecule has 0 atom stereocenters. The lowest BCUT2D eigenvalue weighted by Gasteiger charge is -2.35. The first-order valence-corrected chi connectivity index (χ1v) is 8.77. The van der Waals surface area contributed by atoms with Gasteiger partial charge in [-0.3, -0.25) is 19.8 Å². The van der Waals surface area contributed by atoms with Crippen molar-refractivity contribution < 1.29 is 14.1 Å². The zero-order valence-corrected chi connectivity index (χ0v) is 15.2. The molecule has 0 radical (unpaired) electrons. The van der Waals surface area contributed by atoms with Crippen LogP contribution in [0.2, 0.25) is 5.02 Å². The van der Waals surface area contributed by atoms with Crippen LogP contribution in [0.1, 0.15) is 0 Å². The van der Waals surface area contributed by atoms with E-state index in [2.05, 4.69) is 10.2 Å². The SMILES string of the molecule is O=C(CN1CCN(c2ccc([N+](=O)[O-])cc2)CC1)Nc1ccc(Cl)cc1F. The van der Waals surface area contributed by atoms with Gasteiger partial charge in [0.25, 0.3) is 5.69 Å². The van der Waals surface area contributed by atoms with Crippen LogP contribution in [0.3, 0.4) is 0 Å². The molecule has 1 aliphatic heterocycles. The summed E-state index contributed by atoms with van der Waals surface area (Å²) >= 11 is 5.70. The molecule has 1 N–H and O–H groups in total. The third-order valence-corrected chi connectivity index (χ3v) is 4.61. The average molecular weight is 393 g/mol. The van der Waals surface area contributed by atoms with Gasteiger partial charge < -0.3 is 10.2 Å². The highest BCUT2D eigenvalue weighted by Gasteiger charge is 2.20. The largest absolute Gasteiger partial charge is 0.369 e. The van der Waals surface area contributed by atoms with Gasteiger partial charge in [-0.1, -0.05) is 11.6 Å². The zero-order chi connectivity index (χ0) is 19.4. The van der Waals surface area contributed by atoms with Crippen LogP contribution < -0.4 is 10.2 Å². The molecular formula is C18H18ClFN4O3. The number of halogens is 2. The number of carbonyl (C=O) groups is 1. The second-order valence-electron chi connectivity index (χ2n) is 6.21. The van der Waals surface area contributed by atoms with Gasteiger partial charge in [-0.15, -0.1) is 0 Å². The maximum atomic E-state index is 13.7. The Labute approximate surface area is 160 Å². The molecule has 2 aromatic carbocycles. The molecule has 2 aromatic rings. The number of anilines is 2. The number of non-ortho nitro benzene ring substituents is 1.